The second kappa shape index (κ2) is 10.6. The summed E-state index contributed by atoms with van der Waals surface area (Å²) in [7, 11) is 0. The Labute approximate surface area is 189 Å². The number of thiocarbonyl (C=S) groups is 1. The van der Waals surface area contributed by atoms with Crippen molar-refractivity contribution in [1.82, 2.24) is 10.2 Å². The fourth-order valence-corrected chi connectivity index (χ4v) is 3.21. The van der Waals surface area contributed by atoms with E-state index in [1.165, 1.54) is 0 Å². The van der Waals surface area contributed by atoms with Gasteiger partial charge >= 0.3 is 0 Å². The van der Waals surface area contributed by atoms with Crippen molar-refractivity contribution in [3.63, 3.8) is 0 Å². The van der Waals surface area contributed by atoms with Gasteiger partial charge in [0.25, 0.3) is 11.8 Å². The lowest BCUT2D eigenvalue weighted by molar-refractivity contribution is -0.121. The highest BCUT2D eigenvalue weighted by Crippen LogP contribution is 2.24. The minimum atomic E-state index is -0.445. The zero-order chi connectivity index (χ0) is 21.5. The van der Waals surface area contributed by atoms with Crippen LogP contribution in [0.4, 0.5) is 5.69 Å². The Balaban J connectivity index is 1.55. The molecular weight excluding hydrogens is 449 g/mol. The number of benzene rings is 2. The normalized spacial score (nSPS) is 13.5. The molecule has 7 nitrogen and oxygen atoms in total. The second-order valence-corrected chi connectivity index (χ2v) is 7.60. The summed E-state index contributed by atoms with van der Waals surface area (Å²) >= 11 is 17.2. The van der Waals surface area contributed by atoms with Gasteiger partial charge in [-0.2, -0.15) is 0 Å². The van der Waals surface area contributed by atoms with Crippen LogP contribution < -0.4 is 15.4 Å². The molecule has 2 aromatic rings. The van der Waals surface area contributed by atoms with Gasteiger partial charge in [0.05, 0.1) is 23.9 Å². The summed E-state index contributed by atoms with van der Waals surface area (Å²) < 4.78 is 10.6. The highest BCUT2D eigenvalue weighted by Gasteiger charge is 2.19. The quantitative estimate of drug-likeness (QED) is 0.656. The van der Waals surface area contributed by atoms with Gasteiger partial charge in [0.15, 0.2) is 11.7 Å². The Bertz CT molecular complexity index is 934. The number of carbonyl (C=O) groups excluding carboxylic acids is 2. The molecule has 30 heavy (non-hydrogen) atoms. The third kappa shape index (κ3) is 6.30. The van der Waals surface area contributed by atoms with E-state index in [1.54, 1.807) is 47.4 Å². The van der Waals surface area contributed by atoms with Crippen LogP contribution in [0.25, 0.3) is 0 Å². The number of hydrogen-bond donors (Lipinski definition) is 2. The molecule has 0 saturated carbocycles. The van der Waals surface area contributed by atoms with Crippen LogP contribution in [0, 0.1) is 0 Å². The highest BCUT2D eigenvalue weighted by molar-refractivity contribution is 7.80. The minimum Gasteiger partial charge on any atom is -0.484 e. The summed E-state index contributed by atoms with van der Waals surface area (Å²) in [4.78, 5) is 26.4. The van der Waals surface area contributed by atoms with E-state index in [9.17, 15) is 9.59 Å². The van der Waals surface area contributed by atoms with Gasteiger partial charge in [-0.25, -0.2) is 0 Å². The van der Waals surface area contributed by atoms with Crippen LogP contribution in [-0.2, 0) is 9.53 Å². The molecule has 1 saturated heterocycles. The first kappa shape index (κ1) is 22.3. The third-order valence-electron chi connectivity index (χ3n) is 4.20. The third-order valence-corrected chi connectivity index (χ3v) is 4.98. The van der Waals surface area contributed by atoms with Crippen molar-refractivity contribution >= 4 is 58.0 Å². The van der Waals surface area contributed by atoms with E-state index in [4.69, 9.17) is 44.9 Å². The van der Waals surface area contributed by atoms with Crippen LogP contribution in [0.3, 0.4) is 0 Å². The predicted molar refractivity (Wildman–Crippen MR) is 119 cm³/mol. The fraction of sp³-hybridized carbons (Fsp3) is 0.250. The van der Waals surface area contributed by atoms with Gasteiger partial charge in [0, 0.05) is 23.7 Å². The molecule has 0 bridgehead atoms. The fourth-order valence-electron chi connectivity index (χ4n) is 2.70. The number of morpholine rings is 1. The minimum absolute atomic E-state index is 0.0394. The molecule has 0 aromatic heterocycles. The second-order valence-electron chi connectivity index (χ2n) is 6.34. The zero-order valence-electron chi connectivity index (χ0n) is 15.8. The number of amides is 2. The number of anilines is 1. The van der Waals surface area contributed by atoms with Crippen LogP contribution in [0.5, 0.6) is 5.75 Å². The highest BCUT2D eigenvalue weighted by atomic mass is 35.5. The van der Waals surface area contributed by atoms with Crippen molar-refractivity contribution in [2.24, 2.45) is 0 Å². The maximum atomic E-state index is 12.6. The van der Waals surface area contributed by atoms with Crippen molar-refractivity contribution in [3.05, 3.63) is 58.1 Å². The first-order chi connectivity index (χ1) is 14.4. The smallest absolute Gasteiger partial charge is 0.264 e. The summed E-state index contributed by atoms with van der Waals surface area (Å²) in [6.45, 7) is 1.86. The Morgan fingerprint density at radius 2 is 1.80 bits per heavy atom. The molecule has 2 aromatic carbocycles. The van der Waals surface area contributed by atoms with Crippen LogP contribution in [-0.4, -0.2) is 54.7 Å². The maximum absolute atomic E-state index is 12.6. The summed E-state index contributed by atoms with van der Waals surface area (Å²) in [5.74, 6) is -0.0609. The molecule has 2 N–H and O–H groups in total. The standard InChI is InChI=1S/C20H19Cl2N3O4S/c21-14-2-4-15(5-3-14)29-12-18(26)24-20(30)23-17-11-13(1-6-16(17)22)19(27)25-7-9-28-10-8-25/h1-6,11H,7-10,12H2,(H2,23,24,26,30). The molecule has 10 heteroatoms. The Hall–Kier alpha value is -2.39. The van der Waals surface area contributed by atoms with E-state index in [2.05, 4.69) is 10.6 Å². The molecule has 1 heterocycles. The molecule has 0 atom stereocenters. The average molecular weight is 468 g/mol. The molecule has 1 fully saturated rings. The van der Waals surface area contributed by atoms with Crippen LogP contribution in [0.2, 0.25) is 10.0 Å². The zero-order valence-corrected chi connectivity index (χ0v) is 18.1. The first-order valence-electron chi connectivity index (χ1n) is 9.08. The monoisotopic (exact) mass is 467 g/mol. The van der Waals surface area contributed by atoms with Crippen molar-refractivity contribution in [2.75, 3.05) is 38.2 Å². The summed E-state index contributed by atoms with van der Waals surface area (Å²) in [5, 5.41) is 6.33. The largest absolute Gasteiger partial charge is 0.484 e. The maximum Gasteiger partial charge on any atom is 0.264 e. The summed E-state index contributed by atoms with van der Waals surface area (Å²) in [5.41, 5.74) is 0.878. The van der Waals surface area contributed by atoms with Crippen LogP contribution >= 0.6 is 35.4 Å². The molecule has 1 aliphatic rings. The molecule has 0 aliphatic carbocycles. The van der Waals surface area contributed by atoms with Gasteiger partial charge in [-0.15, -0.1) is 0 Å². The van der Waals surface area contributed by atoms with Gasteiger partial charge in [-0.1, -0.05) is 23.2 Å². The van der Waals surface area contributed by atoms with Gasteiger partial charge in [-0.05, 0) is 54.7 Å². The number of nitrogens with zero attached hydrogens (tertiary/aromatic N) is 1. The average Bonchev–Trinajstić information content (AvgIpc) is 2.75. The molecule has 0 radical (unpaired) electrons. The Morgan fingerprint density at radius 3 is 2.50 bits per heavy atom. The molecule has 0 unspecified atom stereocenters. The van der Waals surface area contributed by atoms with E-state index in [0.717, 1.165) is 0 Å². The van der Waals surface area contributed by atoms with Crippen molar-refractivity contribution in [2.45, 2.75) is 0 Å². The van der Waals surface area contributed by atoms with Crippen LogP contribution in [0.15, 0.2) is 42.5 Å². The van der Waals surface area contributed by atoms with Crippen molar-refractivity contribution in [1.29, 1.82) is 0 Å². The van der Waals surface area contributed by atoms with E-state index >= 15 is 0 Å². The topological polar surface area (TPSA) is 79.9 Å². The van der Waals surface area contributed by atoms with Gasteiger partial charge in [0.2, 0.25) is 0 Å². The van der Waals surface area contributed by atoms with Gasteiger partial charge < -0.3 is 19.7 Å². The Morgan fingerprint density at radius 1 is 1.10 bits per heavy atom. The van der Waals surface area contributed by atoms with Gasteiger partial charge in [-0.3, -0.25) is 14.9 Å². The lowest BCUT2D eigenvalue weighted by Gasteiger charge is -2.27. The molecule has 0 spiro atoms. The lowest BCUT2D eigenvalue weighted by Crippen LogP contribution is -2.40. The van der Waals surface area contributed by atoms with Gasteiger partial charge in [0.1, 0.15) is 5.75 Å². The van der Waals surface area contributed by atoms with Crippen molar-refractivity contribution < 1.29 is 19.1 Å². The summed E-state index contributed by atoms with van der Waals surface area (Å²) in [6, 6.07) is 11.5. The Kier molecular flexibility index (Phi) is 7.87. The number of ether oxygens (including phenoxy) is 2. The van der Waals surface area contributed by atoms with Crippen molar-refractivity contribution in [3.8, 4) is 5.75 Å². The van der Waals surface area contributed by atoms with E-state index in [0.29, 0.717) is 53.3 Å². The predicted octanol–water partition coefficient (Wildman–Crippen LogP) is 3.36. The van der Waals surface area contributed by atoms with Crippen LogP contribution in [0.1, 0.15) is 10.4 Å². The SMILES string of the molecule is O=C(COc1ccc(Cl)cc1)NC(=S)Nc1cc(C(=O)N2CCOCC2)ccc1Cl. The lowest BCUT2D eigenvalue weighted by atomic mass is 10.1. The molecular formula is C20H19Cl2N3O4S. The van der Waals surface area contributed by atoms with E-state index in [-0.39, 0.29) is 17.6 Å². The number of rotatable bonds is 5. The summed E-state index contributed by atoms with van der Waals surface area (Å²) in [6.07, 6.45) is 0. The number of hydrogen-bond acceptors (Lipinski definition) is 5. The number of nitrogens with one attached hydrogen (secondary N) is 2. The number of halogens is 2. The molecule has 2 amide bonds. The molecule has 3 rings (SSSR count). The number of carbonyl (C=O) groups is 2. The molecule has 158 valence electrons. The van der Waals surface area contributed by atoms with E-state index < -0.39 is 5.91 Å². The van der Waals surface area contributed by atoms with E-state index in [1.807, 2.05) is 0 Å². The first-order valence-corrected chi connectivity index (χ1v) is 10.2. The molecule has 1 aliphatic heterocycles.